The van der Waals surface area contributed by atoms with E-state index in [4.69, 9.17) is 4.74 Å². The number of amides is 1. The Morgan fingerprint density at radius 2 is 2.21 bits per heavy atom. The van der Waals surface area contributed by atoms with Gasteiger partial charge in [0.1, 0.15) is 6.10 Å². The van der Waals surface area contributed by atoms with Crippen LogP contribution >= 0.6 is 15.9 Å². The predicted octanol–water partition coefficient (Wildman–Crippen LogP) is 3.01. The Labute approximate surface area is 147 Å². The summed E-state index contributed by atoms with van der Waals surface area (Å²) in [6.07, 6.45) is 4.10. The van der Waals surface area contributed by atoms with E-state index in [0.29, 0.717) is 24.5 Å². The third-order valence-corrected chi connectivity index (χ3v) is 4.56. The highest BCUT2D eigenvalue weighted by Gasteiger charge is 2.28. The number of pyridine rings is 1. The van der Waals surface area contributed by atoms with Crippen LogP contribution in [0.3, 0.4) is 0 Å². The van der Waals surface area contributed by atoms with Crippen molar-refractivity contribution < 1.29 is 9.53 Å². The van der Waals surface area contributed by atoms with Crippen LogP contribution in [-0.4, -0.2) is 45.0 Å². The van der Waals surface area contributed by atoms with Gasteiger partial charge in [-0.05, 0) is 40.2 Å². The molecular formula is C17H15BrN4O2. The van der Waals surface area contributed by atoms with Crippen molar-refractivity contribution in [2.75, 3.05) is 13.1 Å². The number of nitrogens with zero attached hydrogens (tertiary/aromatic N) is 3. The van der Waals surface area contributed by atoms with E-state index in [9.17, 15) is 4.79 Å². The van der Waals surface area contributed by atoms with Crippen molar-refractivity contribution in [1.82, 2.24) is 19.9 Å². The molecule has 2 aromatic heterocycles. The number of carbonyl (C=O) groups excluding carboxylic acids is 1. The van der Waals surface area contributed by atoms with Gasteiger partial charge in [-0.15, -0.1) is 0 Å². The van der Waals surface area contributed by atoms with Crippen LogP contribution in [0.1, 0.15) is 16.8 Å². The summed E-state index contributed by atoms with van der Waals surface area (Å²) in [5.41, 5.74) is 2.39. The third-order valence-electron chi connectivity index (χ3n) is 4.09. The van der Waals surface area contributed by atoms with Crippen molar-refractivity contribution in [2.24, 2.45) is 0 Å². The fourth-order valence-electron chi connectivity index (χ4n) is 2.86. The first-order chi connectivity index (χ1) is 11.7. The van der Waals surface area contributed by atoms with Crippen LogP contribution in [0.4, 0.5) is 0 Å². The Morgan fingerprint density at radius 1 is 1.29 bits per heavy atom. The number of benzene rings is 1. The van der Waals surface area contributed by atoms with Gasteiger partial charge in [0.05, 0.1) is 23.9 Å². The first-order valence-electron chi connectivity index (χ1n) is 7.70. The zero-order chi connectivity index (χ0) is 16.5. The molecule has 0 bridgehead atoms. The highest BCUT2D eigenvalue weighted by atomic mass is 79.9. The fraction of sp³-hybridized carbons (Fsp3) is 0.235. The fourth-order valence-corrected chi connectivity index (χ4v) is 3.10. The van der Waals surface area contributed by atoms with Gasteiger partial charge >= 0.3 is 0 Å². The standard InChI is InChI=1S/C17H15BrN4O2/c18-12-2-4-16(19-8-12)24-13-5-6-22(9-13)17(23)11-1-3-14-15(7-11)21-10-20-14/h1-4,7-8,10,13H,5-6,9H2,(H,20,21). The molecule has 3 heterocycles. The number of hydrogen-bond donors (Lipinski definition) is 1. The number of imidazole rings is 1. The van der Waals surface area contributed by atoms with Gasteiger partial charge in [-0.1, -0.05) is 0 Å². The van der Waals surface area contributed by atoms with Crippen molar-refractivity contribution in [1.29, 1.82) is 0 Å². The van der Waals surface area contributed by atoms with Gasteiger partial charge < -0.3 is 14.6 Å². The Hall–Kier alpha value is -2.41. The van der Waals surface area contributed by atoms with E-state index in [1.54, 1.807) is 12.5 Å². The lowest BCUT2D eigenvalue weighted by Gasteiger charge is -2.17. The van der Waals surface area contributed by atoms with Crippen LogP contribution < -0.4 is 4.74 Å². The Kier molecular flexibility index (Phi) is 3.93. The minimum Gasteiger partial charge on any atom is -0.472 e. The summed E-state index contributed by atoms with van der Waals surface area (Å²) < 4.78 is 6.77. The minimum atomic E-state index is -0.0292. The number of halogens is 1. The topological polar surface area (TPSA) is 71.1 Å². The van der Waals surface area contributed by atoms with Crippen LogP contribution in [0.2, 0.25) is 0 Å². The number of carbonyl (C=O) groups is 1. The van der Waals surface area contributed by atoms with Crippen molar-refractivity contribution in [2.45, 2.75) is 12.5 Å². The molecule has 1 aromatic carbocycles. The SMILES string of the molecule is O=C(c1ccc2nc[nH]c2c1)N1CCC(Oc2ccc(Br)cn2)C1. The van der Waals surface area contributed by atoms with Crippen molar-refractivity contribution >= 4 is 32.9 Å². The highest BCUT2D eigenvalue weighted by Crippen LogP contribution is 2.21. The Balaban J connectivity index is 1.43. The van der Waals surface area contributed by atoms with Crippen LogP contribution in [0.15, 0.2) is 47.3 Å². The first-order valence-corrected chi connectivity index (χ1v) is 8.49. The number of fused-ring (bicyclic) bond motifs is 1. The predicted molar refractivity (Wildman–Crippen MR) is 93.0 cm³/mol. The molecule has 1 unspecified atom stereocenters. The largest absolute Gasteiger partial charge is 0.472 e. The lowest BCUT2D eigenvalue weighted by molar-refractivity contribution is 0.0771. The molecule has 0 radical (unpaired) electrons. The molecule has 1 N–H and O–H groups in total. The summed E-state index contributed by atoms with van der Waals surface area (Å²) in [7, 11) is 0. The number of nitrogens with one attached hydrogen (secondary N) is 1. The van der Waals surface area contributed by atoms with E-state index in [1.807, 2.05) is 35.2 Å². The minimum absolute atomic E-state index is 0.0152. The Morgan fingerprint density at radius 3 is 3.04 bits per heavy atom. The molecule has 1 amide bonds. The van der Waals surface area contributed by atoms with E-state index < -0.39 is 0 Å². The van der Waals surface area contributed by atoms with Gasteiger partial charge in [-0.2, -0.15) is 0 Å². The maximum absolute atomic E-state index is 12.7. The summed E-state index contributed by atoms with van der Waals surface area (Å²) in [4.78, 5) is 25.9. The zero-order valence-corrected chi connectivity index (χ0v) is 14.4. The average molecular weight is 387 g/mol. The number of likely N-dealkylation sites (tertiary alicyclic amines) is 1. The second-order valence-corrected chi connectivity index (χ2v) is 6.64. The molecular weight excluding hydrogens is 372 g/mol. The zero-order valence-electron chi connectivity index (χ0n) is 12.8. The van der Waals surface area contributed by atoms with Crippen molar-refractivity contribution in [3.63, 3.8) is 0 Å². The van der Waals surface area contributed by atoms with E-state index in [0.717, 1.165) is 21.9 Å². The second kappa shape index (κ2) is 6.24. The van der Waals surface area contributed by atoms with Crippen LogP contribution in [0.25, 0.3) is 11.0 Å². The molecule has 6 nitrogen and oxygen atoms in total. The number of hydrogen-bond acceptors (Lipinski definition) is 4. The van der Waals surface area contributed by atoms with Crippen molar-refractivity contribution in [3.05, 3.63) is 52.9 Å². The molecule has 24 heavy (non-hydrogen) atoms. The average Bonchev–Trinajstić information content (AvgIpc) is 3.24. The smallest absolute Gasteiger partial charge is 0.254 e. The maximum atomic E-state index is 12.7. The number of aromatic nitrogens is 3. The summed E-state index contributed by atoms with van der Waals surface area (Å²) in [6, 6.07) is 9.22. The van der Waals surface area contributed by atoms with E-state index in [1.165, 1.54) is 0 Å². The summed E-state index contributed by atoms with van der Waals surface area (Å²) >= 11 is 3.35. The van der Waals surface area contributed by atoms with Gasteiger partial charge in [0, 0.05) is 35.3 Å². The summed E-state index contributed by atoms with van der Waals surface area (Å²) in [5.74, 6) is 0.595. The quantitative estimate of drug-likeness (QED) is 0.750. The van der Waals surface area contributed by atoms with Gasteiger partial charge in [0.2, 0.25) is 5.88 Å². The van der Waals surface area contributed by atoms with Gasteiger partial charge in [-0.25, -0.2) is 9.97 Å². The number of rotatable bonds is 3. The second-order valence-electron chi connectivity index (χ2n) is 5.73. The monoisotopic (exact) mass is 386 g/mol. The number of H-pyrrole nitrogens is 1. The summed E-state index contributed by atoms with van der Waals surface area (Å²) in [6.45, 7) is 1.25. The lowest BCUT2D eigenvalue weighted by atomic mass is 10.2. The Bertz CT molecular complexity index is 878. The van der Waals surface area contributed by atoms with Crippen LogP contribution in [0, 0.1) is 0 Å². The molecule has 1 atom stereocenters. The molecule has 0 aliphatic carbocycles. The van der Waals surface area contributed by atoms with Gasteiger partial charge in [-0.3, -0.25) is 4.79 Å². The van der Waals surface area contributed by atoms with Gasteiger partial charge in [0.25, 0.3) is 5.91 Å². The van der Waals surface area contributed by atoms with Crippen molar-refractivity contribution in [3.8, 4) is 5.88 Å². The van der Waals surface area contributed by atoms with E-state index in [2.05, 4.69) is 30.9 Å². The molecule has 1 aliphatic heterocycles. The van der Waals surface area contributed by atoms with Crippen LogP contribution in [-0.2, 0) is 0 Å². The molecule has 7 heteroatoms. The normalized spacial score (nSPS) is 17.4. The number of aromatic amines is 1. The summed E-state index contributed by atoms with van der Waals surface area (Å²) in [5, 5.41) is 0. The molecule has 0 spiro atoms. The van der Waals surface area contributed by atoms with Crippen LogP contribution in [0.5, 0.6) is 5.88 Å². The molecule has 3 aromatic rings. The molecule has 1 saturated heterocycles. The lowest BCUT2D eigenvalue weighted by Crippen LogP contribution is -2.31. The number of ether oxygens (including phenoxy) is 1. The third kappa shape index (κ3) is 2.99. The highest BCUT2D eigenvalue weighted by molar-refractivity contribution is 9.10. The van der Waals surface area contributed by atoms with E-state index in [-0.39, 0.29) is 12.0 Å². The molecule has 4 rings (SSSR count). The van der Waals surface area contributed by atoms with Gasteiger partial charge in [0.15, 0.2) is 0 Å². The molecule has 0 saturated carbocycles. The molecule has 1 fully saturated rings. The van der Waals surface area contributed by atoms with E-state index >= 15 is 0 Å². The maximum Gasteiger partial charge on any atom is 0.254 e. The molecule has 122 valence electrons. The molecule has 1 aliphatic rings. The first kappa shape index (κ1) is 15.1.